The van der Waals surface area contributed by atoms with Gasteiger partial charge in [-0.15, -0.1) is 0 Å². The summed E-state index contributed by atoms with van der Waals surface area (Å²) in [6.07, 6.45) is 6.86. The lowest BCUT2D eigenvalue weighted by atomic mass is 10.1. The van der Waals surface area contributed by atoms with Crippen molar-refractivity contribution < 1.29 is 28.9 Å². The zero-order valence-corrected chi connectivity index (χ0v) is 20.1. The minimum absolute atomic E-state index is 0.0293. The molecule has 1 atom stereocenters. The van der Waals surface area contributed by atoms with Gasteiger partial charge in [-0.05, 0) is 50.0 Å². The minimum Gasteiger partial charge on any atom is -0.507 e. The second-order valence-electron chi connectivity index (χ2n) is 7.29. The van der Waals surface area contributed by atoms with Crippen LogP contribution in [0.15, 0.2) is 60.4 Å². The van der Waals surface area contributed by atoms with Crippen LogP contribution in [-0.2, 0) is 19.0 Å². The van der Waals surface area contributed by atoms with E-state index in [0.29, 0.717) is 6.61 Å². The number of para-hydroxylation sites is 1. The summed E-state index contributed by atoms with van der Waals surface area (Å²) in [7, 11) is 1.49. The molecule has 0 spiro atoms. The van der Waals surface area contributed by atoms with Crippen LogP contribution in [-0.4, -0.2) is 36.9 Å². The molecule has 2 rings (SSSR count). The molecule has 0 bridgehead atoms. The first kappa shape index (κ1) is 27.8. The number of carbonyl (C=O) groups is 2. The molecule has 0 saturated heterocycles. The van der Waals surface area contributed by atoms with Gasteiger partial charge in [0.15, 0.2) is 0 Å². The van der Waals surface area contributed by atoms with Crippen LogP contribution in [0.25, 0.3) is 6.08 Å². The average Bonchev–Trinajstić information content (AvgIpc) is 2.83. The van der Waals surface area contributed by atoms with Crippen molar-refractivity contribution in [3.8, 4) is 5.75 Å². The second kappa shape index (κ2) is 16.4. The molecular formula is C27H36O6. The van der Waals surface area contributed by atoms with Gasteiger partial charge < -0.3 is 19.3 Å². The van der Waals surface area contributed by atoms with Crippen LogP contribution in [0, 0.1) is 0 Å². The predicted molar refractivity (Wildman–Crippen MR) is 130 cm³/mol. The van der Waals surface area contributed by atoms with Crippen LogP contribution in [0.5, 0.6) is 5.75 Å². The molecule has 0 fully saturated rings. The van der Waals surface area contributed by atoms with E-state index < -0.39 is 5.97 Å². The molecule has 0 aromatic heterocycles. The monoisotopic (exact) mass is 456 g/mol. The number of unbranched alkanes of at least 4 members (excludes halogenated alkanes) is 2. The maximum atomic E-state index is 12.2. The second-order valence-corrected chi connectivity index (χ2v) is 7.29. The maximum Gasteiger partial charge on any atom is 0.373 e. The summed E-state index contributed by atoms with van der Waals surface area (Å²) >= 11 is 0. The van der Waals surface area contributed by atoms with Gasteiger partial charge in [0.05, 0.1) is 13.7 Å². The number of rotatable bonds is 11. The Kier molecular flexibility index (Phi) is 13.8. The Morgan fingerprint density at radius 1 is 0.970 bits per heavy atom. The highest BCUT2D eigenvalue weighted by Crippen LogP contribution is 2.16. The van der Waals surface area contributed by atoms with Crippen molar-refractivity contribution in [1.82, 2.24) is 0 Å². The van der Waals surface area contributed by atoms with Crippen molar-refractivity contribution in [2.75, 3.05) is 13.7 Å². The van der Waals surface area contributed by atoms with E-state index >= 15 is 0 Å². The maximum absolute atomic E-state index is 12.2. The van der Waals surface area contributed by atoms with E-state index in [1.165, 1.54) is 32.1 Å². The fourth-order valence-electron chi connectivity index (χ4n) is 2.93. The Morgan fingerprint density at radius 3 is 2.21 bits per heavy atom. The number of hydrogen-bond donors (Lipinski definition) is 1. The third-order valence-electron chi connectivity index (χ3n) is 4.78. The highest BCUT2D eigenvalue weighted by molar-refractivity contribution is 5.92. The smallest absolute Gasteiger partial charge is 0.373 e. The summed E-state index contributed by atoms with van der Waals surface area (Å²) in [5.74, 6) is -0.675. The van der Waals surface area contributed by atoms with E-state index in [4.69, 9.17) is 14.2 Å². The first-order valence-corrected chi connectivity index (χ1v) is 11.4. The van der Waals surface area contributed by atoms with Crippen molar-refractivity contribution in [2.45, 2.75) is 59.0 Å². The molecule has 0 aliphatic carbocycles. The Balaban J connectivity index is 0.000000383. The number of phenols is 1. The van der Waals surface area contributed by atoms with Crippen molar-refractivity contribution in [3.63, 3.8) is 0 Å². The van der Waals surface area contributed by atoms with Gasteiger partial charge in [-0.3, -0.25) is 0 Å². The van der Waals surface area contributed by atoms with Gasteiger partial charge >= 0.3 is 11.9 Å². The van der Waals surface area contributed by atoms with Crippen molar-refractivity contribution in [3.05, 3.63) is 71.5 Å². The SMILES string of the molecule is CCCCCC(CC)OC(=O)C(=Cc1ccccc1)OC.CCOC(=O)c1ccccc1O. The molecule has 6 heteroatoms. The first-order chi connectivity index (χ1) is 16.0. The molecular weight excluding hydrogens is 420 g/mol. The van der Waals surface area contributed by atoms with Gasteiger partial charge in [0.2, 0.25) is 5.76 Å². The Labute approximate surface area is 197 Å². The average molecular weight is 457 g/mol. The molecule has 0 aliphatic rings. The summed E-state index contributed by atoms with van der Waals surface area (Å²) in [6, 6.07) is 15.9. The molecule has 0 saturated carbocycles. The first-order valence-electron chi connectivity index (χ1n) is 11.4. The zero-order chi connectivity index (χ0) is 24.5. The lowest BCUT2D eigenvalue weighted by molar-refractivity contribution is -0.148. The number of esters is 2. The molecule has 0 aliphatic heterocycles. The van der Waals surface area contributed by atoms with E-state index in [-0.39, 0.29) is 29.1 Å². The summed E-state index contributed by atoms with van der Waals surface area (Å²) in [5, 5.41) is 9.21. The summed E-state index contributed by atoms with van der Waals surface area (Å²) in [5.41, 5.74) is 1.13. The minimum atomic E-state index is -0.490. The number of methoxy groups -OCH3 is 1. The molecule has 6 nitrogen and oxygen atoms in total. The quantitative estimate of drug-likeness (QED) is 0.189. The normalized spacial score (nSPS) is 11.6. The van der Waals surface area contributed by atoms with Crippen LogP contribution in [0.4, 0.5) is 0 Å². The van der Waals surface area contributed by atoms with Crippen molar-refractivity contribution >= 4 is 18.0 Å². The lowest BCUT2D eigenvalue weighted by Gasteiger charge is -2.16. The topological polar surface area (TPSA) is 82.1 Å². The van der Waals surface area contributed by atoms with Gasteiger partial charge in [-0.1, -0.05) is 69.2 Å². The number of benzene rings is 2. The Morgan fingerprint density at radius 2 is 1.64 bits per heavy atom. The van der Waals surface area contributed by atoms with Crippen LogP contribution in [0.3, 0.4) is 0 Å². The van der Waals surface area contributed by atoms with Crippen LogP contribution >= 0.6 is 0 Å². The fraction of sp³-hybridized carbons (Fsp3) is 0.407. The van der Waals surface area contributed by atoms with E-state index in [1.807, 2.05) is 37.3 Å². The number of ether oxygens (including phenoxy) is 3. The summed E-state index contributed by atoms with van der Waals surface area (Å²) < 4.78 is 15.4. The van der Waals surface area contributed by atoms with Gasteiger partial charge in [0.1, 0.15) is 17.4 Å². The number of phenolic OH excluding ortho intramolecular Hbond substituents is 1. The Hall–Kier alpha value is -3.28. The highest BCUT2D eigenvalue weighted by atomic mass is 16.6. The molecule has 1 unspecified atom stereocenters. The van der Waals surface area contributed by atoms with E-state index in [1.54, 1.807) is 25.1 Å². The number of aromatic hydroxyl groups is 1. The van der Waals surface area contributed by atoms with Gasteiger partial charge in [0, 0.05) is 0 Å². The molecule has 2 aromatic rings. The van der Waals surface area contributed by atoms with Gasteiger partial charge in [0.25, 0.3) is 0 Å². The van der Waals surface area contributed by atoms with Gasteiger partial charge in [-0.2, -0.15) is 0 Å². The van der Waals surface area contributed by atoms with Crippen LogP contribution < -0.4 is 0 Å². The third-order valence-corrected chi connectivity index (χ3v) is 4.78. The largest absolute Gasteiger partial charge is 0.507 e. The van der Waals surface area contributed by atoms with Crippen LogP contribution in [0.2, 0.25) is 0 Å². The zero-order valence-electron chi connectivity index (χ0n) is 20.1. The summed E-state index contributed by atoms with van der Waals surface area (Å²) in [4.78, 5) is 23.2. The number of hydrogen-bond acceptors (Lipinski definition) is 6. The van der Waals surface area contributed by atoms with Crippen molar-refractivity contribution in [1.29, 1.82) is 0 Å². The molecule has 0 radical (unpaired) electrons. The molecule has 2 aromatic carbocycles. The van der Waals surface area contributed by atoms with Crippen LogP contribution in [0.1, 0.15) is 68.8 Å². The predicted octanol–water partition coefficient (Wildman–Crippen LogP) is 6.14. The molecule has 33 heavy (non-hydrogen) atoms. The molecule has 1 N–H and O–H groups in total. The van der Waals surface area contributed by atoms with Gasteiger partial charge in [-0.25, -0.2) is 9.59 Å². The molecule has 0 amide bonds. The van der Waals surface area contributed by atoms with E-state index in [2.05, 4.69) is 6.92 Å². The Bertz CT molecular complexity index is 860. The summed E-state index contributed by atoms with van der Waals surface area (Å²) in [6.45, 7) is 6.24. The van der Waals surface area contributed by atoms with Crippen molar-refractivity contribution in [2.24, 2.45) is 0 Å². The number of carbonyl (C=O) groups excluding carboxylic acids is 2. The highest BCUT2D eigenvalue weighted by Gasteiger charge is 2.17. The lowest BCUT2D eigenvalue weighted by Crippen LogP contribution is -2.19. The van der Waals surface area contributed by atoms with E-state index in [0.717, 1.165) is 24.8 Å². The molecule has 180 valence electrons. The standard InChI is InChI=1S/C18H26O3.C9H10O3/c1-4-6-8-13-16(5-2)21-18(19)17(20-3)14-15-11-9-7-10-12-15;1-2-12-9(11)7-5-3-4-6-8(7)10/h7,9-12,14,16H,4-6,8,13H2,1-3H3;3-6,10H,2H2,1H3. The molecule has 0 heterocycles. The van der Waals surface area contributed by atoms with E-state index in [9.17, 15) is 14.7 Å². The fourth-order valence-corrected chi connectivity index (χ4v) is 2.93. The third kappa shape index (κ3) is 10.7.